The van der Waals surface area contributed by atoms with E-state index in [0.717, 1.165) is 12.2 Å². The second-order valence-corrected chi connectivity index (χ2v) is 2.38. The summed E-state index contributed by atoms with van der Waals surface area (Å²) in [4.78, 5) is 7.00. The van der Waals surface area contributed by atoms with Gasteiger partial charge in [0, 0.05) is 11.9 Å². The van der Waals surface area contributed by atoms with Gasteiger partial charge in [0.15, 0.2) is 0 Å². The molecule has 0 fully saturated rings. The van der Waals surface area contributed by atoms with E-state index < -0.39 is 0 Å². The summed E-state index contributed by atoms with van der Waals surface area (Å²) in [6.45, 7) is 0.724. The first-order chi connectivity index (χ1) is 5.95. The summed E-state index contributed by atoms with van der Waals surface area (Å²) >= 11 is 0. The molecule has 2 heterocycles. The van der Waals surface area contributed by atoms with Crippen molar-refractivity contribution in [3.05, 3.63) is 30.4 Å². The topological polar surface area (TPSA) is 69.4 Å². The maximum atomic E-state index is 3.92. The van der Waals surface area contributed by atoms with Crippen molar-refractivity contribution in [1.29, 1.82) is 0 Å². The largest absolute Gasteiger partial charge is 0.364 e. The third-order valence-electron chi connectivity index (χ3n) is 1.52. The van der Waals surface area contributed by atoms with Crippen molar-refractivity contribution in [3.8, 4) is 0 Å². The van der Waals surface area contributed by atoms with E-state index in [1.165, 1.54) is 6.33 Å². The molecule has 5 nitrogen and oxygen atoms in total. The molecule has 0 saturated carbocycles. The van der Waals surface area contributed by atoms with Crippen LogP contribution in [-0.2, 0) is 6.54 Å². The van der Waals surface area contributed by atoms with Crippen LogP contribution in [0.1, 0.15) is 5.69 Å². The summed E-state index contributed by atoms with van der Waals surface area (Å²) in [5.41, 5.74) is 1.12. The van der Waals surface area contributed by atoms with E-state index in [2.05, 4.69) is 25.5 Å². The van der Waals surface area contributed by atoms with Gasteiger partial charge in [-0.1, -0.05) is 0 Å². The van der Waals surface area contributed by atoms with E-state index in [1.54, 1.807) is 0 Å². The van der Waals surface area contributed by atoms with Crippen molar-refractivity contribution < 1.29 is 0 Å². The van der Waals surface area contributed by atoms with Gasteiger partial charge in [-0.15, -0.1) is 0 Å². The van der Waals surface area contributed by atoms with Gasteiger partial charge in [0.2, 0.25) is 5.95 Å². The number of hydrogen-bond acceptors (Lipinski definition) is 3. The molecule has 2 rings (SSSR count). The minimum atomic E-state index is 0.685. The number of aromatic nitrogens is 4. The van der Waals surface area contributed by atoms with Gasteiger partial charge in [-0.25, -0.2) is 10.1 Å². The van der Waals surface area contributed by atoms with E-state index >= 15 is 0 Å². The first kappa shape index (κ1) is 6.90. The molecule has 5 heteroatoms. The van der Waals surface area contributed by atoms with Gasteiger partial charge in [-0.3, -0.25) is 0 Å². The molecule has 0 radical (unpaired) electrons. The van der Waals surface area contributed by atoms with Crippen LogP contribution < -0.4 is 5.32 Å². The highest BCUT2D eigenvalue weighted by atomic mass is 15.3. The third kappa shape index (κ3) is 1.45. The van der Waals surface area contributed by atoms with Crippen molar-refractivity contribution in [1.82, 2.24) is 20.2 Å². The second-order valence-electron chi connectivity index (χ2n) is 2.38. The molecule has 3 N–H and O–H groups in total. The van der Waals surface area contributed by atoms with Gasteiger partial charge < -0.3 is 10.3 Å². The summed E-state index contributed by atoms with van der Waals surface area (Å²) in [7, 11) is 0. The fraction of sp³-hybridized carbons (Fsp3) is 0.143. The van der Waals surface area contributed by atoms with Crippen molar-refractivity contribution >= 4 is 5.95 Å². The Morgan fingerprint density at radius 3 is 3.17 bits per heavy atom. The summed E-state index contributed by atoms with van der Waals surface area (Å²) in [5.74, 6) is 0.685. The van der Waals surface area contributed by atoms with Gasteiger partial charge in [0.05, 0.1) is 6.54 Å². The molecule has 2 aromatic heterocycles. The number of nitrogens with zero attached hydrogens (tertiary/aromatic N) is 2. The Labute approximate surface area is 69.2 Å². The van der Waals surface area contributed by atoms with Gasteiger partial charge in [-0.2, -0.15) is 5.10 Å². The fourth-order valence-corrected chi connectivity index (χ4v) is 0.947. The van der Waals surface area contributed by atoms with Crippen LogP contribution in [0.5, 0.6) is 0 Å². The minimum absolute atomic E-state index is 0.685. The lowest BCUT2D eigenvalue weighted by Crippen LogP contribution is -2.00. The Bertz CT molecular complexity index is 275. The molecule has 0 aliphatic rings. The maximum absolute atomic E-state index is 3.92. The second kappa shape index (κ2) is 3.08. The minimum Gasteiger partial charge on any atom is -0.364 e. The molecule has 0 spiro atoms. The van der Waals surface area contributed by atoms with E-state index in [-0.39, 0.29) is 0 Å². The smallest absolute Gasteiger partial charge is 0.218 e. The zero-order valence-electron chi connectivity index (χ0n) is 6.41. The van der Waals surface area contributed by atoms with Crippen molar-refractivity contribution in [2.75, 3.05) is 5.32 Å². The molecule has 62 valence electrons. The number of nitrogens with one attached hydrogen (secondary N) is 3. The Hall–Kier alpha value is -1.78. The average Bonchev–Trinajstić information content (AvgIpc) is 2.74. The van der Waals surface area contributed by atoms with E-state index in [9.17, 15) is 0 Å². The van der Waals surface area contributed by atoms with Crippen LogP contribution in [0, 0.1) is 0 Å². The van der Waals surface area contributed by atoms with Crippen LogP contribution in [0.2, 0.25) is 0 Å². The Kier molecular flexibility index (Phi) is 1.77. The molecule has 0 aromatic carbocycles. The van der Waals surface area contributed by atoms with E-state index in [1.807, 2.05) is 18.3 Å². The summed E-state index contributed by atoms with van der Waals surface area (Å²) in [6.07, 6.45) is 3.36. The lowest BCUT2D eigenvalue weighted by atomic mass is 10.4. The monoisotopic (exact) mass is 163 g/mol. The zero-order chi connectivity index (χ0) is 8.23. The molecule has 12 heavy (non-hydrogen) atoms. The SMILES string of the molecule is c1c[nH]c(CNc2ncn[nH]2)c1. The predicted molar refractivity (Wildman–Crippen MR) is 44.5 cm³/mol. The van der Waals surface area contributed by atoms with Crippen LogP contribution >= 0.6 is 0 Å². The molecular weight excluding hydrogens is 154 g/mol. The van der Waals surface area contributed by atoms with Crippen LogP contribution in [-0.4, -0.2) is 20.2 Å². The van der Waals surface area contributed by atoms with E-state index in [4.69, 9.17) is 0 Å². The number of hydrogen-bond donors (Lipinski definition) is 3. The molecule has 0 amide bonds. The van der Waals surface area contributed by atoms with Gasteiger partial charge >= 0.3 is 0 Å². The van der Waals surface area contributed by atoms with Crippen LogP contribution in [0.25, 0.3) is 0 Å². The number of rotatable bonds is 3. The van der Waals surface area contributed by atoms with Crippen LogP contribution in [0.15, 0.2) is 24.7 Å². The van der Waals surface area contributed by atoms with E-state index in [0.29, 0.717) is 5.95 Å². The molecule has 0 bridgehead atoms. The van der Waals surface area contributed by atoms with Crippen molar-refractivity contribution in [2.45, 2.75) is 6.54 Å². The first-order valence-corrected chi connectivity index (χ1v) is 3.66. The molecule has 2 aromatic rings. The van der Waals surface area contributed by atoms with Crippen LogP contribution in [0.3, 0.4) is 0 Å². The Morgan fingerprint density at radius 2 is 2.50 bits per heavy atom. The molecule has 0 saturated heterocycles. The highest BCUT2D eigenvalue weighted by Gasteiger charge is 1.94. The molecule has 0 unspecified atom stereocenters. The molecule has 0 atom stereocenters. The highest BCUT2D eigenvalue weighted by Crippen LogP contribution is 1.98. The highest BCUT2D eigenvalue weighted by molar-refractivity contribution is 5.22. The molecule has 0 aliphatic heterocycles. The van der Waals surface area contributed by atoms with Crippen molar-refractivity contribution in [2.24, 2.45) is 0 Å². The average molecular weight is 163 g/mol. The molecule has 0 aliphatic carbocycles. The lowest BCUT2D eigenvalue weighted by molar-refractivity contribution is 1.02. The zero-order valence-corrected chi connectivity index (χ0v) is 6.41. The summed E-state index contributed by atoms with van der Waals surface area (Å²) in [5, 5.41) is 9.49. The van der Waals surface area contributed by atoms with Crippen LogP contribution in [0.4, 0.5) is 5.95 Å². The predicted octanol–water partition coefficient (Wildman–Crippen LogP) is 0.745. The Balaban J connectivity index is 1.91. The molecular formula is C7H9N5. The summed E-state index contributed by atoms with van der Waals surface area (Å²) < 4.78 is 0. The number of aromatic amines is 2. The van der Waals surface area contributed by atoms with Gasteiger partial charge in [0.25, 0.3) is 0 Å². The number of anilines is 1. The Morgan fingerprint density at radius 1 is 1.50 bits per heavy atom. The van der Waals surface area contributed by atoms with Crippen molar-refractivity contribution in [3.63, 3.8) is 0 Å². The quantitative estimate of drug-likeness (QED) is 0.625. The van der Waals surface area contributed by atoms with Gasteiger partial charge in [-0.05, 0) is 12.1 Å². The number of H-pyrrole nitrogens is 2. The summed E-state index contributed by atoms with van der Waals surface area (Å²) in [6, 6.07) is 3.96. The lowest BCUT2D eigenvalue weighted by Gasteiger charge is -1.98. The third-order valence-corrected chi connectivity index (χ3v) is 1.52. The maximum Gasteiger partial charge on any atom is 0.218 e. The fourth-order valence-electron chi connectivity index (χ4n) is 0.947. The van der Waals surface area contributed by atoms with Gasteiger partial charge in [0.1, 0.15) is 6.33 Å². The first-order valence-electron chi connectivity index (χ1n) is 3.66. The standard InChI is InChI=1S/C7H9N5/c1-2-6(8-3-1)4-9-7-10-5-11-12-7/h1-3,5,8H,4H2,(H2,9,10,11,12). The normalized spacial score (nSPS) is 10.0.